The Bertz CT molecular complexity index is 1160. The van der Waals surface area contributed by atoms with Gasteiger partial charge in [-0.05, 0) is 17.7 Å². The van der Waals surface area contributed by atoms with Gasteiger partial charge in [-0.3, -0.25) is 19.4 Å². The van der Waals surface area contributed by atoms with E-state index >= 15 is 0 Å². The summed E-state index contributed by atoms with van der Waals surface area (Å²) in [5, 5.41) is 15.2. The number of benzene rings is 1. The summed E-state index contributed by atoms with van der Waals surface area (Å²) in [6, 6.07) is 5.57. The maximum atomic E-state index is 13.2. The largest absolute Gasteiger partial charge is 0.491 e. The molecule has 2 unspecified atom stereocenters. The molecule has 168 valence electrons. The summed E-state index contributed by atoms with van der Waals surface area (Å²) in [7, 11) is 1.26. The van der Waals surface area contributed by atoms with E-state index in [9.17, 15) is 23.9 Å². The van der Waals surface area contributed by atoms with Gasteiger partial charge in [-0.15, -0.1) is 0 Å². The Morgan fingerprint density at radius 1 is 1.31 bits per heavy atom. The first-order valence-electron chi connectivity index (χ1n) is 10.2. The molecule has 4 heterocycles. The van der Waals surface area contributed by atoms with E-state index in [0.717, 1.165) is 0 Å². The van der Waals surface area contributed by atoms with Gasteiger partial charge in [0, 0.05) is 13.1 Å². The van der Waals surface area contributed by atoms with Gasteiger partial charge in [0.15, 0.2) is 11.4 Å². The van der Waals surface area contributed by atoms with Crippen LogP contribution in [0.3, 0.4) is 0 Å². The highest BCUT2D eigenvalue weighted by Gasteiger charge is 2.49. The van der Waals surface area contributed by atoms with Gasteiger partial charge in [-0.25, -0.2) is 9.07 Å². The Balaban J connectivity index is 1.60. The Morgan fingerprint density at radius 3 is 2.78 bits per heavy atom. The highest BCUT2D eigenvalue weighted by atomic mass is 19.1. The molecule has 10 nitrogen and oxygen atoms in total. The summed E-state index contributed by atoms with van der Waals surface area (Å²) in [5.74, 6) is -1.80. The fraction of sp³-hybridized carbons (Fsp3) is 0.381. The first-order valence-corrected chi connectivity index (χ1v) is 10.2. The molecular weight excluding hydrogens is 423 g/mol. The zero-order chi connectivity index (χ0) is 22.6. The van der Waals surface area contributed by atoms with Crippen LogP contribution in [0.15, 0.2) is 29.1 Å². The number of rotatable bonds is 4. The van der Waals surface area contributed by atoms with Crippen molar-refractivity contribution in [2.24, 2.45) is 0 Å². The van der Waals surface area contributed by atoms with E-state index in [-0.39, 0.29) is 42.4 Å². The SMILES string of the molecule is COc1c2n3c(c(C(=O)NCc4ccc(F)cc4)c1=O)C(O)CN3C1COCCN1C2=O. The topological polar surface area (TPSA) is 113 Å². The lowest BCUT2D eigenvalue weighted by Crippen LogP contribution is -2.64. The van der Waals surface area contributed by atoms with Crippen LogP contribution in [0.25, 0.3) is 0 Å². The summed E-state index contributed by atoms with van der Waals surface area (Å²) in [6.07, 6.45) is -1.64. The van der Waals surface area contributed by atoms with Crippen LogP contribution >= 0.6 is 0 Å². The van der Waals surface area contributed by atoms with Gasteiger partial charge in [-0.2, -0.15) is 0 Å². The number of halogens is 1. The highest BCUT2D eigenvalue weighted by molar-refractivity contribution is 6.01. The summed E-state index contributed by atoms with van der Waals surface area (Å²) in [6.45, 7) is 1.06. The van der Waals surface area contributed by atoms with Crippen molar-refractivity contribution < 1.29 is 28.6 Å². The minimum Gasteiger partial charge on any atom is -0.491 e. The van der Waals surface area contributed by atoms with E-state index in [1.807, 2.05) is 0 Å². The molecule has 0 aliphatic carbocycles. The van der Waals surface area contributed by atoms with E-state index in [4.69, 9.17) is 9.47 Å². The molecule has 2 amide bonds. The van der Waals surface area contributed by atoms with Crippen molar-refractivity contribution in [2.45, 2.75) is 18.8 Å². The van der Waals surface area contributed by atoms with Gasteiger partial charge in [-0.1, -0.05) is 12.1 Å². The zero-order valence-electron chi connectivity index (χ0n) is 17.2. The van der Waals surface area contributed by atoms with E-state index < -0.39 is 35.3 Å². The summed E-state index contributed by atoms with van der Waals surface area (Å²) in [5.41, 5.74) is -0.404. The quantitative estimate of drug-likeness (QED) is 0.667. The molecule has 2 N–H and O–H groups in total. The van der Waals surface area contributed by atoms with Crippen molar-refractivity contribution >= 4 is 11.8 Å². The maximum Gasteiger partial charge on any atom is 0.278 e. The van der Waals surface area contributed by atoms with Crippen LogP contribution in [0, 0.1) is 5.82 Å². The lowest BCUT2D eigenvalue weighted by atomic mass is 10.1. The van der Waals surface area contributed by atoms with Crippen LogP contribution in [-0.2, 0) is 11.3 Å². The van der Waals surface area contributed by atoms with E-state index in [1.54, 1.807) is 9.91 Å². The lowest BCUT2D eigenvalue weighted by molar-refractivity contribution is -0.0163. The number of carbonyl (C=O) groups is 2. The van der Waals surface area contributed by atoms with Crippen LogP contribution in [0.5, 0.6) is 5.75 Å². The van der Waals surface area contributed by atoms with Crippen LogP contribution < -0.4 is 20.5 Å². The Kier molecular flexibility index (Phi) is 4.86. The number of hydrogen-bond donors (Lipinski definition) is 2. The van der Waals surface area contributed by atoms with E-state index in [2.05, 4.69) is 5.32 Å². The van der Waals surface area contributed by atoms with Crippen molar-refractivity contribution in [1.29, 1.82) is 0 Å². The number of amides is 2. The number of aromatic nitrogens is 1. The molecule has 5 rings (SSSR count). The number of carbonyl (C=O) groups excluding carboxylic acids is 2. The second-order valence-electron chi connectivity index (χ2n) is 7.78. The van der Waals surface area contributed by atoms with Crippen molar-refractivity contribution in [3.05, 3.63) is 62.8 Å². The number of aliphatic hydroxyl groups is 1. The van der Waals surface area contributed by atoms with Gasteiger partial charge < -0.3 is 24.8 Å². The zero-order valence-corrected chi connectivity index (χ0v) is 17.2. The molecule has 3 aliphatic heterocycles. The van der Waals surface area contributed by atoms with Crippen molar-refractivity contribution in [3.8, 4) is 5.75 Å². The first kappa shape index (κ1) is 20.5. The molecule has 2 aromatic rings. The van der Waals surface area contributed by atoms with Crippen LogP contribution in [-0.4, -0.2) is 66.1 Å². The number of aliphatic hydroxyl groups excluding tert-OH is 1. The molecule has 1 fully saturated rings. The van der Waals surface area contributed by atoms with Crippen LogP contribution in [0.2, 0.25) is 0 Å². The number of pyridine rings is 1. The summed E-state index contributed by atoms with van der Waals surface area (Å²) >= 11 is 0. The molecule has 11 heteroatoms. The van der Waals surface area contributed by atoms with Crippen molar-refractivity contribution in [3.63, 3.8) is 0 Å². The average molecular weight is 444 g/mol. The van der Waals surface area contributed by atoms with Gasteiger partial charge in [0.25, 0.3) is 11.8 Å². The highest BCUT2D eigenvalue weighted by Crippen LogP contribution is 2.36. The molecule has 2 atom stereocenters. The Morgan fingerprint density at radius 2 is 2.06 bits per heavy atom. The lowest BCUT2D eigenvalue weighted by Gasteiger charge is -2.46. The molecule has 1 aromatic carbocycles. The molecule has 1 saturated heterocycles. The smallest absolute Gasteiger partial charge is 0.278 e. The molecule has 0 radical (unpaired) electrons. The molecule has 0 saturated carbocycles. The average Bonchev–Trinajstić information content (AvgIpc) is 3.13. The van der Waals surface area contributed by atoms with E-state index in [1.165, 1.54) is 36.1 Å². The van der Waals surface area contributed by atoms with Gasteiger partial charge in [0.1, 0.15) is 23.7 Å². The number of fused-ring (bicyclic) bond motifs is 2. The number of nitrogens with one attached hydrogen (secondary N) is 1. The molecule has 1 aromatic heterocycles. The molecule has 0 spiro atoms. The van der Waals surface area contributed by atoms with Gasteiger partial charge in [0.05, 0.1) is 32.6 Å². The van der Waals surface area contributed by atoms with Crippen molar-refractivity contribution in [1.82, 2.24) is 14.9 Å². The fourth-order valence-electron chi connectivity index (χ4n) is 4.51. The number of morpholine rings is 1. The van der Waals surface area contributed by atoms with Crippen LogP contribution in [0.4, 0.5) is 4.39 Å². The molecular formula is C21H21FN4O6. The van der Waals surface area contributed by atoms with Crippen LogP contribution in [0.1, 0.15) is 38.2 Å². The Labute approximate surface area is 181 Å². The van der Waals surface area contributed by atoms with E-state index in [0.29, 0.717) is 18.7 Å². The normalized spacial score (nSPS) is 21.3. The monoisotopic (exact) mass is 444 g/mol. The third-order valence-electron chi connectivity index (χ3n) is 5.99. The number of nitrogens with zero attached hydrogens (tertiary/aromatic N) is 3. The maximum absolute atomic E-state index is 13.2. The summed E-state index contributed by atoms with van der Waals surface area (Å²) in [4.78, 5) is 41.1. The molecule has 3 aliphatic rings. The first-order chi connectivity index (χ1) is 15.4. The molecule has 32 heavy (non-hydrogen) atoms. The second-order valence-corrected chi connectivity index (χ2v) is 7.78. The number of ether oxygens (including phenoxy) is 2. The second kappa shape index (κ2) is 7.61. The minimum absolute atomic E-state index is 0.0164. The standard InChI is InChI=1S/C21H21FN4O6/c1-31-19-17-21(30)24-6-7-32-10-14(24)25-9-13(27)16(26(17)25)15(18(19)28)20(29)23-8-11-2-4-12(22)5-3-11/h2-5,13-14,27H,6-10H2,1H3,(H,23,29). The predicted octanol–water partition coefficient (Wildman–Crippen LogP) is -0.277. The number of hydrogen-bond acceptors (Lipinski definition) is 7. The Hall–Kier alpha value is -3.44. The predicted molar refractivity (Wildman–Crippen MR) is 109 cm³/mol. The third-order valence-corrected chi connectivity index (χ3v) is 5.99. The van der Waals surface area contributed by atoms with Crippen molar-refractivity contribution in [2.75, 3.05) is 38.4 Å². The number of methoxy groups -OCH3 is 1. The molecule has 0 bridgehead atoms. The summed E-state index contributed by atoms with van der Waals surface area (Å²) < 4.78 is 25.4. The third kappa shape index (κ3) is 2.96. The van der Waals surface area contributed by atoms with Gasteiger partial charge in [0.2, 0.25) is 5.43 Å². The van der Waals surface area contributed by atoms with Gasteiger partial charge >= 0.3 is 0 Å². The minimum atomic E-state index is -1.17. The fourth-order valence-corrected chi connectivity index (χ4v) is 4.51.